The Bertz CT molecular complexity index is 1000. The summed E-state index contributed by atoms with van der Waals surface area (Å²) < 4.78 is 21.3. The van der Waals surface area contributed by atoms with E-state index in [2.05, 4.69) is 25.3 Å². The number of aryl methyl sites for hydroxylation is 1. The first kappa shape index (κ1) is 23.7. The maximum Gasteiger partial charge on any atom is 0.222 e. The number of aliphatic hydroxyl groups excluding tert-OH is 1. The fourth-order valence-corrected chi connectivity index (χ4v) is 3.60. The minimum Gasteiger partial charge on any atom is -0.439 e. The lowest BCUT2D eigenvalue weighted by Gasteiger charge is -2.29. The van der Waals surface area contributed by atoms with Gasteiger partial charge in [-0.3, -0.25) is 4.90 Å². The molecule has 1 aromatic heterocycles. The molecule has 170 valence electrons. The van der Waals surface area contributed by atoms with Crippen LogP contribution in [0.3, 0.4) is 0 Å². The van der Waals surface area contributed by atoms with E-state index in [1.165, 1.54) is 12.1 Å². The van der Waals surface area contributed by atoms with Crippen LogP contribution in [0.5, 0.6) is 11.6 Å². The first-order valence-corrected chi connectivity index (χ1v) is 11.0. The fraction of sp³-hybridized carbons (Fsp3) is 0.346. The average Bonchev–Trinajstić information content (AvgIpc) is 3.09. The van der Waals surface area contributed by atoms with Crippen LogP contribution in [0.2, 0.25) is 0 Å². The second-order valence-corrected chi connectivity index (χ2v) is 8.22. The number of aliphatic hydroxyl groups is 1. The standard InChI is InChI=1S/C26H32FN3O2/c1-5-6-12-22(31)17-30(19(2)3)18-24-25(20-10-8-7-9-11-20)28-29(4)26(24)32-23-15-13-21(27)14-16-23/h5,7-11,13-16,19,22,31H,1,6,12,17-18H2,2-4H3/t22-/m0/s1. The molecule has 2 aromatic carbocycles. The molecule has 0 saturated carbocycles. The normalized spacial score (nSPS) is 12.3. The zero-order chi connectivity index (χ0) is 23.1. The molecule has 32 heavy (non-hydrogen) atoms. The van der Waals surface area contributed by atoms with Crippen LogP contribution in [-0.4, -0.2) is 38.5 Å². The van der Waals surface area contributed by atoms with E-state index in [1.54, 1.807) is 16.8 Å². The van der Waals surface area contributed by atoms with Crippen LogP contribution in [0.25, 0.3) is 11.3 Å². The lowest BCUT2D eigenvalue weighted by molar-refractivity contribution is 0.0851. The maximum absolute atomic E-state index is 13.4. The van der Waals surface area contributed by atoms with Gasteiger partial charge >= 0.3 is 0 Å². The van der Waals surface area contributed by atoms with Crippen molar-refractivity contribution in [3.63, 3.8) is 0 Å². The molecule has 0 saturated heterocycles. The van der Waals surface area contributed by atoms with Gasteiger partial charge in [-0.15, -0.1) is 6.58 Å². The molecule has 6 heteroatoms. The third-order valence-electron chi connectivity index (χ3n) is 5.40. The topological polar surface area (TPSA) is 50.5 Å². The van der Waals surface area contributed by atoms with Crippen molar-refractivity contribution in [1.82, 2.24) is 14.7 Å². The Balaban J connectivity index is 1.98. The number of hydrogen-bond donors (Lipinski definition) is 1. The summed E-state index contributed by atoms with van der Waals surface area (Å²) in [4.78, 5) is 2.22. The minimum atomic E-state index is -0.450. The summed E-state index contributed by atoms with van der Waals surface area (Å²) in [5, 5.41) is 15.3. The van der Waals surface area contributed by atoms with Crippen molar-refractivity contribution in [2.45, 2.75) is 45.4 Å². The van der Waals surface area contributed by atoms with Crippen molar-refractivity contribution >= 4 is 0 Å². The summed E-state index contributed by atoms with van der Waals surface area (Å²) in [6.07, 6.45) is 2.82. The molecule has 0 spiro atoms. The van der Waals surface area contributed by atoms with Gasteiger partial charge in [0.15, 0.2) is 0 Å². The van der Waals surface area contributed by atoms with Gasteiger partial charge in [0, 0.05) is 31.7 Å². The van der Waals surface area contributed by atoms with Crippen molar-refractivity contribution in [2.24, 2.45) is 7.05 Å². The van der Waals surface area contributed by atoms with Crippen LogP contribution in [0.15, 0.2) is 67.3 Å². The highest BCUT2D eigenvalue weighted by Gasteiger charge is 2.24. The van der Waals surface area contributed by atoms with E-state index in [-0.39, 0.29) is 11.9 Å². The molecule has 1 heterocycles. The monoisotopic (exact) mass is 437 g/mol. The highest BCUT2D eigenvalue weighted by molar-refractivity contribution is 5.65. The second-order valence-electron chi connectivity index (χ2n) is 8.22. The largest absolute Gasteiger partial charge is 0.439 e. The number of aromatic nitrogens is 2. The van der Waals surface area contributed by atoms with Crippen LogP contribution in [0.4, 0.5) is 4.39 Å². The van der Waals surface area contributed by atoms with Gasteiger partial charge in [0.25, 0.3) is 0 Å². The van der Waals surface area contributed by atoms with Gasteiger partial charge in [-0.05, 0) is 51.0 Å². The molecule has 5 nitrogen and oxygen atoms in total. The summed E-state index contributed by atoms with van der Waals surface area (Å²) >= 11 is 0. The van der Waals surface area contributed by atoms with Crippen LogP contribution < -0.4 is 4.74 Å². The van der Waals surface area contributed by atoms with E-state index in [4.69, 9.17) is 9.84 Å². The predicted molar refractivity (Wildman–Crippen MR) is 126 cm³/mol. The molecule has 0 unspecified atom stereocenters. The second kappa shape index (κ2) is 11.1. The highest BCUT2D eigenvalue weighted by atomic mass is 19.1. The van der Waals surface area contributed by atoms with Gasteiger partial charge in [-0.2, -0.15) is 5.10 Å². The molecular weight excluding hydrogens is 405 g/mol. The average molecular weight is 438 g/mol. The maximum atomic E-state index is 13.4. The van der Waals surface area contributed by atoms with E-state index < -0.39 is 6.10 Å². The molecule has 1 atom stereocenters. The van der Waals surface area contributed by atoms with Crippen molar-refractivity contribution in [3.8, 4) is 22.9 Å². The predicted octanol–water partition coefficient (Wildman–Crippen LogP) is 5.56. The molecule has 1 N–H and O–H groups in total. The Labute approximate surface area is 189 Å². The number of rotatable bonds is 11. The number of ether oxygens (including phenoxy) is 1. The first-order valence-electron chi connectivity index (χ1n) is 11.0. The van der Waals surface area contributed by atoms with Crippen molar-refractivity contribution in [1.29, 1.82) is 0 Å². The molecule has 0 radical (unpaired) electrons. The van der Waals surface area contributed by atoms with Gasteiger partial charge < -0.3 is 9.84 Å². The summed E-state index contributed by atoms with van der Waals surface area (Å²) in [7, 11) is 1.84. The van der Waals surface area contributed by atoms with E-state index in [0.717, 1.165) is 23.2 Å². The zero-order valence-corrected chi connectivity index (χ0v) is 19.0. The number of allylic oxidation sites excluding steroid dienone is 1. The summed E-state index contributed by atoms with van der Waals surface area (Å²) in [6, 6.07) is 16.1. The highest BCUT2D eigenvalue weighted by Crippen LogP contribution is 2.34. The third kappa shape index (κ3) is 6.05. The lowest BCUT2D eigenvalue weighted by Crippen LogP contribution is -2.37. The Morgan fingerprint density at radius 3 is 2.47 bits per heavy atom. The zero-order valence-electron chi connectivity index (χ0n) is 19.0. The number of benzene rings is 2. The Kier molecular flexibility index (Phi) is 8.20. The van der Waals surface area contributed by atoms with Gasteiger partial charge in [0.05, 0.1) is 11.7 Å². The van der Waals surface area contributed by atoms with Crippen LogP contribution in [-0.2, 0) is 13.6 Å². The van der Waals surface area contributed by atoms with Crippen LogP contribution >= 0.6 is 0 Å². The van der Waals surface area contributed by atoms with E-state index in [9.17, 15) is 9.50 Å². The lowest BCUT2D eigenvalue weighted by atomic mass is 10.1. The summed E-state index contributed by atoms with van der Waals surface area (Å²) in [5.74, 6) is 0.825. The minimum absolute atomic E-state index is 0.205. The molecule has 0 fully saturated rings. The Morgan fingerprint density at radius 1 is 1.16 bits per heavy atom. The van der Waals surface area contributed by atoms with Gasteiger partial charge in [0.2, 0.25) is 5.88 Å². The van der Waals surface area contributed by atoms with Gasteiger partial charge in [-0.1, -0.05) is 36.4 Å². The third-order valence-corrected chi connectivity index (χ3v) is 5.40. The van der Waals surface area contributed by atoms with E-state index in [0.29, 0.717) is 31.1 Å². The number of halogens is 1. The SMILES string of the molecule is C=CCC[C@H](O)CN(Cc1c(-c2ccccc2)nn(C)c1Oc1ccc(F)cc1)C(C)C. The smallest absolute Gasteiger partial charge is 0.222 e. The summed E-state index contributed by atoms with van der Waals surface area (Å²) in [5.41, 5.74) is 2.74. The molecular formula is C26H32FN3O2. The molecule has 3 aromatic rings. The van der Waals surface area contributed by atoms with Crippen molar-refractivity contribution in [3.05, 3.63) is 78.6 Å². The van der Waals surface area contributed by atoms with Crippen molar-refractivity contribution in [2.75, 3.05) is 6.54 Å². The molecule has 0 aliphatic heterocycles. The molecule has 0 aliphatic rings. The van der Waals surface area contributed by atoms with Crippen LogP contribution in [0.1, 0.15) is 32.3 Å². The Hall–Kier alpha value is -2.96. The fourth-order valence-electron chi connectivity index (χ4n) is 3.60. The molecule has 0 bridgehead atoms. The quantitative estimate of drug-likeness (QED) is 0.399. The van der Waals surface area contributed by atoms with Gasteiger partial charge in [-0.25, -0.2) is 9.07 Å². The van der Waals surface area contributed by atoms with Gasteiger partial charge in [0.1, 0.15) is 17.3 Å². The van der Waals surface area contributed by atoms with Crippen molar-refractivity contribution < 1.29 is 14.2 Å². The molecule has 0 aliphatic carbocycles. The van der Waals surface area contributed by atoms with E-state index >= 15 is 0 Å². The summed E-state index contributed by atoms with van der Waals surface area (Å²) in [6.45, 7) is 9.05. The first-order chi connectivity index (χ1) is 15.4. The number of nitrogens with zero attached hydrogens (tertiary/aromatic N) is 3. The molecule has 0 amide bonds. The van der Waals surface area contributed by atoms with E-state index in [1.807, 2.05) is 43.5 Å². The molecule has 3 rings (SSSR count). The van der Waals surface area contributed by atoms with Crippen LogP contribution in [0, 0.1) is 5.82 Å². The number of hydrogen-bond acceptors (Lipinski definition) is 4. The Morgan fingerprint density at radius 2 is 1.84 bits per heavy atom.